The van der Waals surface area contributed by atoms with Crippen molar-refractivity contribution in [3.8, 4) is 5.75 Å². The maximum Gasteiger partial charge on any atom is 0.156 e. The number of piperidine rings is 1. The van der Waals surface area contributed by atoms with Crippen LogP contribution in [0, 0.1) is 5.92 Å². The van der Waals surface area contributed by atoms with Crippen molar-refractivity contribution in [2.75, 3.05) is 26.7 Å². The zero-order chi connectivity index (χ0) is 13.1. The number of nitrogens with zero attached hydrogens (tertiary/aromatic N) is 1. The molecule has 1 atom stereocenters. The van der Waals surface area contributed by atoms with E-state index in [1.807, 2.05) is 0 Å². The molecule has 1 unspecified atom stereocenters. The summed E-state index contributed by atoms with van der Waals surface area (Å²) in [6, 6.07) is 3.30. The molecule has 1 aliphatic rings. The Morgan fingerprint density at radius 1 is 1.28 bits per heavy atom. The van der Waals surface area contributed by atoms with Crippen LogP contribution in [0.2, 0.25) is 15.1 Å². The van der Waals surface area contributed by atoms with E-state index < -0.39 is 0 Å². The first-order chi connectivity index (χ1) is 8.56. The summed E-state index contributed by atoms with van der Waals surface area (Å²) >= 11 is 18.0. The van der Waals surface area contributed by atoms with Gasteiger partial charge in [-0.2, -0.15) is 0 Å². The van der Waals surface area contributed by atoms with Gasteiger partial charge in [-0.05, 0) is 38.6 Å². The molecule has 2 nitrogen and oxygen atoms in total. The molecule has 0 radical (unpaired) electrons. The van der Waals surface area contributed by atoms with Crippen molar-refractivity contribution in [1.29, 1.82) is 0 Å². The van der Waals surface area contributed by atoms with E-state index in [0.717, 1.165) is 6.54 Å². The third-order valence-electron chi connectivity index (χ3n) is 3.15. The van der Waals surface area contributed by atoms with Crippen molar-refractivity contribution >= 4 is 34.8 Å². The smallest absolute Gasteiger partial charge is 0.156 e. The van der Waals surface area contributed by atoms with Crippen molar-refractivity contribution in [1.82, 2.24) is 4.90 Å². The largest absolute Gasteiger partial charge is 0.490 e. The van der Waals surface area contributed by atoms with Crippen molar-refractivity contribution in [2.45, 2.75) is 12.8 Å². The number of ether oxygens (including phenoxy) is 1. The standard InChI is InChI=1S/C13H16Cl3NO/c1-17-4-2-3-9(7-17)8-18-13-11(15)5-10(14)6-12(13)16/h5-6,9H,2-4,7-8H2,1H3. The summed E-state index contributed by atoms with van der Waals surface area (Å²) in [5, 5.41) is 1.46. The molecule has 0 spiro atoms. The molecule has 1 saturated heterocycles. The summed E-state index contributed by atoms with van der Waals surface area (Å²) in [7, 11) is 2.13. The van der Waals surface area contributed by atoms with Crippen LogP contribution in [0.3, 0.4) is 0 Å². The van der Waals surface area contributed by atoms with Gasteiger partial charge in [0.25, 0.3) is 0 Å². The van der Waals surface area contributed by atoms with Crippen LogP contribution in [0.5, 0.6) is 5.75 Å². The van der Waals surface area contributed by atoms with Crippen LogP contribution in [0.1, 0.15) is 12.8 Å². The summed E-state index contributed by atoms with van der Waals surface area (Å²) in [5.41, 5.74) is 0. The fraction of sp³-hybridized carbons (Fsp3) is 0.538. The minimum atomic E-state index is 0.469. The summed E-state index contributed by atoms with van der Waals surface area (Å²) < 4.78 is 5.76. The van der Waals surface area contributed by atoms with E-state index in [-0.39, 0.29) is 0 Å². The van der Waals surface area contributed by atoms with Gasteiger partial charge in [0.2, 0.25) is 0 Å². The van der Waals surface area contributed by atoms with Crippen LogP contribution in [0.25, 0.3) is 0 Å². The van der Waals surface area contributed by atoms with Crippen molar-refractivity contribution in [2.24, 2.45) is 5.92 Å². The molecule has 0 aliphatic carbocycles. The highest BCUT2D eigenvalue weighted by Crippen LogP contribution is 2.36. The molecule has 1 heterocycles. The van der Waals surface area contributed by atoms with Gasteiger partial charge in [-0.3, -0.25) is 0 Å². The third-order valence-corrected chi connectivity index (χ3v) is 3.93. The van der Waals surface area contributed by atoms with Gasteiger partial charge in [-0.25, -0.2) is 0 Å². The number of rotatable bonds is 3. The van der Waals surface area contributed by atoms with E-state index in [0.29, 0.717) is 33.3 Å². The van der Waals surface area contributed by atoms with Crippen LogP contribution in [-0.2, 0) is 0 Å². The second kappa shape index (κ2) is 6.33. The van der Waals surface area contributed by atoms with Crippen LogP contribution >= 0.6 is 34.8 Å². The summed E-state index contributed by atoms with van der Waals surface area (Å²) in [5.74, 6) is 1.07. The van der Waals surface area contributed by atoms with Crippen molar-refractivity contribution < 1.29 is 4.74 Å². The predicted octanol–water partition coefficient (Wildman–Crippen LogP) is 4.37. The molecule has 2 rings (SSSR count). The Morgan fingerprint density at radius 3 is 2.56 bits per heavy atom. The monoisotopic (exact) mass is 307 g/mol. The fourth-order valence-electron chi connectivity index (χ4n) is 2.28. The average Bonchev–Trinajstić information content (AvgIpc) is 2.27. The average molecular weight is 309 g/mol. The molecule has 100 valence electrons. The minimum absolute atomic E-state index is 0.469. The lowest BCUT2D eigenvalue weighted by Crippen LogP contribution is -2.34. The summed E-state index contributed by atoms with van der Waals surface area (Å²) in [6.45, 7) is 2.87. The SMILES string of the molecule is CN1CCCC(COc2c(Cl)cc(Cl)cc2Cl)C1. The Morgan fingerprint density at radius 2 is 1.94 bits per heavy atom. The second-order valence-electron chi connectivity index (χ2n) is 4.78. The van der Waals surface area contributed by atoms with Gasteiger partial charge in [-0.15, -0.1) is 0 Å². The highest BCUT2D eigenvalue weighted by Gasteiger charge is 2.19. The molecular weight excluding hydrogens is 293 g/mol. The van der Waals surface area contributed by atoms with E-state index in [1.54, 1.807) is 12.1 Å². The first-order valence-corrected chi connectivity index (χ1v) is 7.15. The van der Waals surface area contributed by atoms with E-state index in [9.17, 15) is 0 Å². The van der Waals surface area contributed by atoms with E-state index >= 15 is 0 Å². The summed E-state index contributed by atoms with van der Waals surface area (Å²) in [6.07, 6.45) is 2.40. The molecule has 1 aromatic carbocycles. The zero-order valence-corrected chi connectivity index (χ0v) is 12.5. The number of halogens is 3. The van der Waals surface area contributed by atoms with Crippen molar-refractivity contribution in [3.05, 3.63) is 27.2 Å². The van der Waals surface area contributed by atoms with Gasteiger partial charge in [0, 0.05) is 17.5 Å². The predicted molar refractivity (Wildman–Crippen MR) is 77.2 cm³/mol. The molecule has 5 heteroatoms. The van der Waals surface area contributed by atoms with E-state index in [4.69, 9.17) is 39.5 Å². The van der Waals surface area contributed by atoms with E-state index in [1.165, 1.54) is 19.4 Å². The first-order valence-electron chi connectivity index (χ1n) is 6.02. The van der Waals surface area contributed by atoms with Gasteiger partial charge in [0.05, 0.1) is 16.7 Å². The number of benzene rings is 1. The topological polar surface area (TPSA) is 12.5 Å². The maximum absolute atomic E-state index is 6.08. The molecule has 0 aromatic heterocycles. The Labute approximate surface area is 123 Å². The van der Waals surface area contributed by atoms with Gasteiger partial charge in [0.1, 0.15) is 0 Å². The molecule has 1 aromatic rings. The number of hydrogen-bond acceptors (Lipinski definition) is 2. The van der Waals surface area contributed by atoms with Gasteiger partial charge in [0.15, 0.2) is 5.75 Å². The molecule has 0 amide bonds. The van der Waals surface area contributed by atoms with Crippen molar-refractivity contribution in [3.63, 3.8) is 0 Å². The quantitative estimate of drug-likeness (QED) is 0.822. The van der Waals surface area contributed by atoms with Crippen LogP contribution in [-0.4, -0.2) is 31.6 Å². The normalized spacial score (nSPS) is 21.0. The Kier molecular flexibility index (Phi) is 5.02. The lowest BCUT2D eigenvalue weighted by molar-refractivity contribution is 0.150. The molecule has 1 fully saturated rings. The Balaban J connectivity index is 1.97. The van der Waals surface area contributed by atoms with Gasteiger partial charge < -0.3 is 9.64 Å². The highest BCUT2D eigenvalue weighted by atomic mass is 35.5. The third kappa shape index (κ3) is 3.67. The molecular formula is C13H16Cl3NO. The highest BCUT2D eigenvalue weighted by molar-refractivity contribution is 6.40. The molecule has 0 bridgehead atoms. The first kappa shape index (κ1) is 14.3. The lowest BCUT2D eigenvalue weighted by Gasteiger charge is -2.29. The maximum atomic E-state index is 6.08. The molecule has 1 aliphatic heterocycles. The molecule has 18 heavy (non-hydrogen) atoms. The molecule has 0 saturated carbocycles. The minimum Gasteiger partial charge on any atom is -0.490 e. The Bertz CT molecular complexity index is 402. The van der Waals surface area contributed by atoms with Crippen LogP contribution in [0.4, 0.5) is 0 Å². The van der Waals surface area contributed by atoms with Crippen LogP contribution in [0.15, 0.2) is 12.1 Å². The fourth-order valence-corrected chi connectivity index (χ4v) is 3.20. The summed E-state index contributed by atoms with van der Waals surface area (Å²) in [4.78, 5) is 2.32. The van der Waals surface area contributed by atoms with Gasteiger partial charge >= 0.3 is 0 Å². The Hall–Kier alpha value is -0.150. The van der Waals surface area contributed by atoms with E-state index in [2.05, 4.69) is 11.9 Å². The van der Waals surface area contributed by atoms with Gasteiger partial charge in [-0.1, -0.05) is 34.8 Å². The zero-order valence-electron chi connectivity index (χ0n) is 10.3. The second-order valence-corrected chi connectivity index (χ2v) is 6.03. The lowest BCUT2D eigenvalue weighted by atomic mass is 10.00. The number of likely N-dealkylation sites (tertiary alicyclic amines) is 1. The molecule has 0 N–H and O–H groups in total. The van der Waals surface area contributed by atoms with Crippen LogP contribution < -0.4 is 4.74 Å². The number of hydrogen-bond donors (Lipinski definition) is 0.